The van der Waals surface area contributed by atoms with Gasteiger partial charge in [0.2, 0.25) is 0 Å². The normalized spacial score (nSPS) is 10.8. The summed E-state index contributed by atoms with van der Waals surface area (Å²) in [5.41, 5.74) is 3.31. The molecule has 0 atom stereocenters. The fourth-order valence-corrected chi connectivity index (χ4v) is 2.37. The molecule has 0 N–H and O–H groups in total. The van der Waals surface area contributed by atoms with Gasteiger partial charge >= 0.3 is 0 Å². The molecule has 0 aliphatic carbocycles. The van der Waals surface area contributed by atoms with Crippen molar-refractivity contribution in [3.8, 4) is 22.4 Å². The van der Waals surface area contributed by atoms with Gasteiger partial charge < -0.3 is 0 Å². The number of nitrogens with zero attached hydrogens (tertiary/aromatic N) is 1. The molecule has 0 amide bonds. The zero-order valence-corrected chi connectivity index (χ0v) is 12.5. The minimum Gasteiger partial charge on any atom is -0.256 e. The fourth-order valence-electron chi connectivity index (χ4n) is 2.37. The van der Waals surface area contributed by atoms with Crippen molar-refractivity contribution in [2.75, 3.05) is 0 Å². The molecule has 0 unspecified atom stereocenters. The van der Waals surface area contributed by atoms with Crippen LogP contribution < -0.4 is 0 Å². The standard InChI is InChI=1S/C19H14F3N/c1-12-2-7-19(23-11-12)14-5-3-13(4-6-14)15-8-17(21)16(10-20)18(22)9-15/h2-9,11H,10H2,1H3. The number of pyridine rings is 1. The van der Waals surface area contributed by atoms with Crippen LogP contribution in [0.2, 0.25) is 0 Å². The predicted octanol–water partition coefficient (Wildman–Crippen LogP) is 5.47. The molecule has 2 aromatic carbocycles. The Balaban J connectivity index is 1.95. The minimum atomic E-state index is -1.16. The van der Waals surface area contributed by atoms with Crippen molar-refractivity contribution in [3.63, 3.8) is 0 Å². The zero-order valence-electron chi connectivity index (χ0n) is 12.5. The number of hydrogen-bond acceptors (Lipinski definition) is 1. The third-order valence-electron chi connectivity index (χ3n) is 3.70. The molecule has 1 nitrogen and oxygen atoms in total. The summed E-state index contributed by atoms with van der Waals surface area (Å²) in [6.07, 6.45) is 1.78. The topological polar surface area (TPSA) is 12.9 Å². The number of alkyl halides is 1. The Morgan fingerprint density at radius 2 is 1.43 bits per heavy atom. The molecule has 1 aromatic heterocycles. The lowest BCUT2D eigenvalue weighted by Crippen LogP contribution is -1.94. The number of benzene rings is 2. The van der Waals surface area contributed by atoms with Gasteiger partial charge in [-0.15, -0.1) is 0 Å². The van der Waals surface area contributed by atoms with Gasteiger partial charge in [-0.05, 0) is 41.8 Å². The third kappa shape index (κ3) is 3.11. The maximum Gasteiger partial charge on any atom is 0.132 e. The number of hydrogen-bond donors (Lipinski definition) is 0. The van der Waals surface area contributed by atoms with E-state index in [1.807, 2.05) is 31.2 Å². The van der Waals surface area contributed by atoms with Crippen LogP contribution in [0.25, 0.3) is 22.4 Å². The van der Waals surface area contributed by atoms with Gasteiger partial charge in [-0.25, -0.2) is 13.2 Å². The van der Waals surface area contributed by atoms with E-state index in [1.54, 1.807) is 18.3 Å². The molecule has 3 aromatic rings. The van der Waals surface area contributed by atoms with Crippen LogP contribution in [0.5, 0.6) is 0 Å². The SMILES string of the molecule is Cc1ccc(-c2ccc(-c3cc(F)c(CF)c(F)c3)cc2)nc1. The summed E-state index contributed by atoms with van der Waals surface area (Å²) in [6, 6.07) is 13.4. The maximum absolute atomic E-state index is 13.7. The van der Waals surface area contributed by atoms with Crippen molar-refractivity contribution in [3.05, 3.63) is 77.5 Å². The molecule has 0 spiro atoms. The van der Waals surface area contributed by atoms with Crippen molar-refractivity contribution in [1.82, 2.24) is 4.98 Å². The highest BCUT2D eigenvalue weighted by Gasteiger charge is 2.12. The highest BCUT2D eigenvalue weighted by atomic mass is 19.1. The highest BCUT2D eigenvalue weighted by Crippen LogP contribution is 2.27. The Morgan fingerprint density at radius 1 is 0.826 bits per heavy atom. The first-order chi connectivity index (χ1) is 11.1. The first-order valence-corrected chi connectivity index (χ1v) is 7.16. The molecule has 23 heavy (non-hydrogen) atoms. The number of aromatic nitrogens is 1. The van der Waals surface area contributed by atoms with Crippen molar-refractivity contribution in [2.24, 2.45) is 0 Å². The molecule has 116 valence electrons. The van der Waals surface area contributed by atoms with E-state index >= 15 is 0 Å². The summed E-state index contributed by atoms with van der Waals surface area (Å²) in [5.74, 6) is -1.74. The lowest BCUT2D eigenvalue weighted by Gasteiger charge is -2.07. The molecule has 3 rings (SSSR count). The maximum atomic E-state index is 13.7. The summed E-state index contributed by atoms with van der Waals surface area (Å²) < 4.78 is 39.9. The largest absolute Gasteiger partial charge is 0.256 e. The van der Waals surface area contributed by atoms with E-state index < -0.39 is 23.9 Å². The van der Waals surface area contributed by atoms with Crippen LogP contribution >= 0.6 is 0 Å². The van der Waals surface area contributed by atoms with Gasteiger partial charge in [0.25, 0.3) is 0 Å². The second-order valence-electron chi connectivity index (χ2n) is 5.35. The fraction of sp³-hybridized carbons (Fsp3) is 0.105. The average Bonchev–Trinajstić information content (AvgIpc) is 2.55. The van der Waals surface area contributed by atoms with Crippen LogP contribution in [0.3, 0.4) is 0 Å². The third-order valence-corrected chi connectivity index (χ3v) is 3.70. The minimum absolute atomic E-state index is 0.376. The van der Waals surface area contributed by atoms with Crippen molar-refractivity contribution in [2.45, 2.75) is 13.6 Å². The Bertz CT molecular complexity index is 801. The molecule has 0 saturated heterocycles. The molecule has 4 heteroatoms. The van der Waals surface area contributed by atoms with Crippen LogP contribution in [0.4, 0.5) is 13.2 Å². The van der Waals surface area contributed by atoms with Crippen LogP contribution in [-0.2, 0) is 6.67 Å². The summed E-state index contributed by atoms with van der Waals surface area (Å²) in [7, 11) is 0. The van der Waals surface area contributed by atoms with E-state index in [0.717, 1.165) is 29.0 Å². The summed E-state index contributed by atoms with van der Waals surface area (Å²) >= 11 is 0. The van der Waals surface area contributed by atoms with Crippen molar-refractivity contribution in [1.29, 1.82) is 0 Å². The van der Waals surface area contributed by atoms with E-state index in [-0.39, 0.29) is 0 Å². The number of halogens is 3. The molecule has 0 fully saturated rings. The molecule has 0 aliphatic rings. The van der Waals surface area contributed by atoms with E-state index in [2.05, 4.69) is 4.98 Å². The smallest absolute Gasteiger partial charge is 0.132 e. The monoisotopic (exact) mass is 313 g/mol. The molecular weight excluding hydrogens is 299 g/mol. The van der Waals surface area contributed by atoms with Gasteiger partial charge in [-0.3, -0.25) is 4.98 Å². The van der Waals surface area contributed by atoms with Crippen molar-refractivity contribution >= 4 is 0 Å². The van der Waals surface area contributed by atoms with Crippen LogP contribution in [0.15, 0.2) is 54.7 Å². The summed E-state index contributed by atoms with van der Waals surface area (Å²) in [5, 5.41) is 0. The van der Waals surface area contributed by atoms with Gasteiger partial charge in [0.05, 0.1) is 11.3 Å². The lowest BCUT2D eigenvalue weighted by atomic mass is 10.0. The zero-order chi connectivity index (χ0) is 16.4. The molecule has 0 bridgehead atoms. The Kier molecular flexibility index (Phi) is 4.15. The van der Waals surface area contributed by atoms with Crippen molar-refractivity contribution < 1.29 is 13.2 Å². The van der Waals surface area contributed by atoms with Crippen LogP contribution in [0.1, 0.15) is 11.1 Å². The van der Waals surface area contributed by atoms with Gasteiger partial charge in [0, 0.05) is 11.8 Å². The number of aryl methyl sites for hydroxylation is 1. The first-order valence-electron chi connectivity index (χ1n) is 7.16. The van der Waals surface area contributed by atoms with E-state index in [4.69, 9.17) is 0 Å². The highest BCUT2D eigenvalue weighted by molar-refractivity contribution is 5.69. The second kappa shape index (κ2) is 6.24. The van der Waals surface area contributed by atoms with Gasteiger partial charge in [-0.2, -0.15) is 0 Å². The molecule has 0 aliphatic heterocycles. The first kappa shape index (κ1) is 15.3. The average molecular weight is 313 g/mol. The van der Waals surface area contributed by atoms with Crippen LogP contribution in [-0.4, -0.2) is 4.98 Å². The number of rotatable bonds is 3. The molecule has 1 heterocycles. The molecule has 0 radical (unpaired) electrons. The van der Waals surface area contributed by atoms with E-state index in [9.17, 15) is 13.2 Å². The van der Waals surface area contributed by atoms with E-state index in [0.29, 0.717) is 11.1 Å². The predicted molar refractivity (Wildman–Crippen MR) is 84.6 cm³/mol. The lowest BCUT2D eigenvalue weighted by molar-refractivity contribution is 0.440. The van der Waals surface area contributed by atoms with Gasteiger partial charge in [0.15, 0.2) is 0 Å². The molecule has 0 saturated carbocycles. The Labute approximate surface area is 132 Å². The quantitative estimate of drug-likeness (QED) is 0.624. The Morgan fingerprint density at radius 3 is 1.96 bits per heavy atom. The Hall–Kier alpha value is -2.62. The van der Waals surface area contributed by atoms with E-state index in [1.165, 1.54) is 0 Å². The summed E-state index contributed by atoms with van der Waals surface area (Å²) in [6.45, 7) is 0.806. The summed E-state index contributed by atoms with van der Waals surface area (Å²) in [4.78, 5) is 4.34. The van der Waals surface area contributed by atoms with Crippen LogP contribution in [0, 0.1) is 18.6 Å². The second-order valence-corrected chi connectivity index (χ2v) is 5.35. The van der Waals surface area contributed by atoms with Gasteiger partial charge in [-0.1, -0.05) is 30.3 Å². The molecular formula is C19H14F3N. The van der Waals surface area contributed by atoms with Gasteiger partial charge in [0.1, 0.15) is 18.3 Å².